The molecule has 0 spiro atoms. The van der Waals surface area contributed by atoms with Crippen molar-refractivity contribution in [3.8, 4) is 0 Å². The molecule has 0 radical (unpaired) electrons. The van der Waals surface area contributed by atoms with Crippen molar-refractivity contribution in [1.29, 1.82) is 0 Å². The number of aryl methyl sites for hydroxylation is 1. The van der Waals surface area contributed by atoms with Gasteiger partial charge in [0.25, 0.3) is 0 Å². The first-order chi connectivity index (χ1) is 9.09. The molecule has 1 aromatic heterocycles. The highest BCUT2D eigenvalue weighted by atomic mass is 32.1. The predicted octanol–water partition coefficient (Wildman–Crippen LogP) is 4.25. The van der Waals surface area contributed by atoms with Crippen molar-refractivity contribution >= 4 is 11.3 Å². The van der Waals surface area contributed by atoms with Gasteiger partial charge in [0.2, 0.25) is 0 Å². The molecule has 2 atom stereocenters. The Hall–Kier alpha value is -0.410. The molecule has 1 heterocycles. The fourth-order valence-electron chi connectivity index (χ4n) is 3.47. The Morgan fingerprint density at radius 2 is 2.16 bits per heavy atom. The van der Waals surface area contributed by atoms with Crippen LogP contribution in [0.3, 0.4) is 0 Å². The second-order valence-electron chi connectivity index (χ2n) is 6.90. The lowest BCUT2D eigenvalue weighted by atomic mass is 9.72. The molecule has 2 aliphatic rings. The van der Waals surface area contributed by atoms with Crippen LogP contribution in [0.1, 0.15) is 63.1 Å². The zero-order valence-corrected chi connectivity index (χ0v) is 13.2. The van der Waals surface area contributed by atoms with Gasteiger partial charge in [-0.3, -0.25) is 0 Å². The lowest BCUT2D eigenvalue weighted by molar-refractivity contribution is 0.145. The Bertz CT molecular complexity index is 436. The van der Waals surface area contributed by atoms with Crippen LogP contribution in [0.5, 0.6) is 0 Å². The SMILES string of the molecule is Cc1csc(C2(NC3CC3)CCCC(C(C)C)C2)n1. The van der Waals surface area contributed by atoms with Crippen LogP contribution >= 0.6 is 11.3 Å². The Labute approximate surface area is 121 Å². The summed E-state index contributed by atoms with van der Waals surface area (Å²) in [5.41, 5.74) is 1.37. The number of thiazole rings is 1. The number of hydrogen-bond acceptors (Lipinski definition) is 3. The topological polar surface area (TPSA) is 24.9 Å². The van der Waals surface area contributed by atoms with Gasteiger partial charge in [-0.2, -0.15) is 0 Å². The van der Waals surface area contributed by atoms with Crippen LogP contribution in [0.25, 0.3) is 0 Å². The van der Waals surface area contributed by atoms with Crippen LogP contribution < -0.4 is 5.32 Å². The van der Waals surface area contributed by atoms with Crippen molar-refractivity contribution in [2.75, 3.05) is 0 Å². The first-order valence-corrected chi connectivity index (χ1v) is 8.67. The lowest BCUT2D eigenvalue weighted by Crippen LogP contribution is -2.47. The molecule has 2 unspecified atom stereocenters. The van der Waals surface area contributed by atoms with Gasteiger partial charge in [-0.25, -0.2) is 4.98 Å². The molecule has 0 amide bonds. The maximum absolute atomic E-state index is 4.84. The summed E-state index contributed by atoms with van der Waals surface area (Å²) in [5, 5.41) is 7.53. The normalized spacial score (nSPS) is 31.9. The van der Waals surface area contributed by atoms with Crippen molar-refractivity contribution in [2.24, 2.45) is 11.8 Å². The molecule has 1 N–H and O–H groups in total. The average Bonchev–Trinajstić information content (AvgIpc) is 3.07. The van der Waals surface area contributed by atoms with Crippen molar-refractivity contribution in [2.45, 2.75) is 70.9 Å². The highest BCUT2D eigenvalue weighted by Gasteiger charge is 2.43. The van der Waals surface area contributed by atoms with Gasteiger partial charge in [0.15, 0.2) is 0 Å². The molecule has 0 aromatic carbocycles. The summed E-state index contributed by atoms with van der Waals surface area (Å²) in [6.45, 7) is 6.88. The molecule has 3 heteroatoms. The zero-order chi connectivity index (χ0) is 13.5. The van der Waals surface area contributed by atoms with Crippen LogP contribution in [-0.2, 0) is 5.54 Å². The van der Waals surface area contributed by atoms with E-state index in [1.807, 2.05) is 11.3 Å². The van der Waals surface area contributed by atoms with Crippen LogP contribution in [-0.4, -0.2) is 11.0 Å². The van der Waals surface area contributed by atoms with E-state index < -0.39 is 0 Å². The molecular weight excluding hydrogens is 252 g/mol. The molecule has 106 valence electrons. The summed E-state index contributed by atoms with van der Waals surface area (Å²) in [5.74, 6) is 1.64. The van der Waals surface area contributed by atoms with Crippen molar-refractivity contribution in [3.05, 3.63) is 16.1 Å². The maximum atomic E-state index is 4.84. The Morgan fingerprint density at radius 3 is 2.74 bits per heavy atom. The van der Waals surface area contributed by atoms with Crippen molar-refractivity contribution in [1.82, 2.24) is 10.3 Å². The van der Waals surface area contributed by atoms with E-state index in [4.69, 9.17) is 4.98 Å². The first-order valence-electron chi connectivity index (χ1n) is 7.79. The second-order valence-corrected chi connectivity index (χ2v) is 7.75. The third-order valence-corrected chi connectivity index (χ3v) is 5.98. The van der Waals surface area contributed by atoms with E-state index in [0.717, 1.165) is 17.9 Å². The van der Waals surface area contributed by atoms with Gasteiger partial charge in [0.05, 0.1) is 5.54 Å². The molecule has 2 saturated carbocycles. The third kappa shape index (κ3) is 2.87. The molecule has 3 rings (SSSR count). The van der Waals surface area contributed by atoms with Gasteiger partial charge < -0.3 is 5.32 Å². The quantitative estimate of drug-likeness (QED) is 0.891. The van der Waals surface area contributed by atoms with Crippen molar-refractivity contribution in [3.63, 3.8) is 0 Å². The van der Waals surface area contributed by atoms with Crippen LogP contribution in [0.15, 0.2) is 5.38 Å². The van der Waals surface area contributed by atoms with Gasteiger partial charge in [-0.05, 0) is 44.4 Å². The van der Waals surface area contributed by atoms with E-state index in [1.165, 1.54) is 49.2 Å². The summed E-state index contributed by atoms with van der Waals surface area (Å²) in [4.78, 5) is 4.84. The van der Waals surface area contributed by atoms with E-state index >= 15 is 0 Å². The lowest BCUT2D eigenvalue weighted by Gasteiger charge is -2.42. The molecule has 2 fully saturated rings. The van der Waals surface area contributed by atoms with E-state index in [0.29, 0.717) is 0 Å². The molecule has 2 nitrogen and oxygen atoms in total. The van der Waals surface area contributed by atoms with Crippen LogP contribution in [0, 0.1) is 18.8 Å². The van der Waals surface area contributed by atoms with Gasteiger partial charge >= 0.3 is 0 Å². The predicted molar refractivity (Wildman–Crippen MR) is 81.5 cm³/mol. The van der Waals surface area contributed by atoms with E-state index in [2.05, 4.69) is 31.5 Å². The molecule has 0 saturated heterocycles. The number of rotatable bonds is 4. The number of hydrogen-bond donors (Lipinski definition) is 1. The smallest absolute Gasteiger partial charge is 0.113 e. The minimum Gasteiger partial charge on any atom is -0.303 e. The average molecular weight is 278 g/mol. The zero-order valence-electron chi connectivity index (χ0n) is 12.4. The minimum atomic E-state index is 0.188. The van der Waals surface area contributed by atoms with Crippen LogP contribution in [0.4, 0.5) is 0 Å². The minimum absolute atomic E-state index is 0.188. The van der Waals surface area contributed by atoms with Crippen molar-refractivity contribution < 1.29 is 0 Å². The number of nitrogens with zero attached hydrogens (tertiary/aromatic N) is 1. The van der Waals surface area contributed by atoms with E-state index in [9.17, 15) is 0 Å². The maximum Gasteiger partial charge on any atom is 0.113 e. The molecule has 2 aliphatic carbocycles. The molecule has 1 aromatic rings. The number of nitrogens with one attached hydrogen (secondary N) is 1. The molecule has 0 aliphatic heterocycles. The number of aromatic nitrogens is 1. The van der Waals surface area contributed by atoms with Gasteiger partial charge in [0, 0.05) is 17.1 Å². The third-order valence-electron chi connectivity index (χ3n) is 4.82. The molecular formula is C16H26N2S. The molecule has 19 heavy (non-hydrogen) atoms. The Kier molecular flexibility index (Phi) is 3.69. The highest BCUT2D eigenvalue weighted by Crippen LogP contribution is 2.45. The second kappa shape index (κ2) is 5.17. The fourth-order valence-corrected chi connectivity index (χ4v) is 4.47. The summed E-state index contributed by atoms with van der Waals surface area (Å²) in [6.07, 6.45) is 8.03. The standard InChI is InChI=1S/C16H26N2S/c1-11(2)13-5-4-8-16(9-13,18-14-6-7-14)15-17-12(3)10-19-15/h10-11,13-14,18H,4-9H2,1-3H3. The summed E-state index contributed by atoms with van der Waals surface area (Å²) in [7, 11) is 0. The monoisotopic (exact) mass is 278 g/mol. The largest absolute Gasteiger partial charge is 0.303 e. The van der Waals surface area contributed by atoms with Gasteiger partial charge in [0.1, 0.15) is 5.01 Å². The first kappa shape index (κ1) is 13.6. The van der Waals surface area contributed by atoms with Gasteiger partial charge in [-0.1, -0.05) is 26.7 Å². The van der Waals surface area contributed by atoms with E-state index in [1.54, 1.807) is 0 Å². The summed E-state index contributed by atoms with van der Waals surface area (Å²) < 4.78 is 0. The Morgan fingerprint density at radius 1 is 1.37 bits per heavy atom. The summed E-state index contributed by atoms with van der Waals surface area (Å²) >= 11 is 1.86. The summed E-state index contributed by atoms with van der Waals surface area (Å²) in [6, 6.07) is 0.759. The highest BCUT2D eigenvalue weighted by molar-refractivity contribution is 7.09. The van der Waals surface area contributed by atoms with E-state index in [-0.39, 0.29) is 5.54 Å². The fraction of sp³-hybridized carbons (Fsp3) is 0.812. The Balaban J connectivity index is 1.87. The van der Waals surface area contributed by atoms with Crippen LogP contribution in [0.2, 0.25) is 0 Å². The molecule has 0 bridgehead atoms. The van der Waals surface area contributed by atoms with Gasteiger partial charge in [-0.15, -0.1) is 11.3 Å².